The van der Waals surface area contributed by atoms with Crippen molar-refractivity contribution in [3.05, 3.63) is 102 Å². The summed E-state index contributed by atoms with van der Waals surface area (Å²) in [5, 5.41) is 4.35. The molecule has 4 aromatic rings. The number of piperazine rings is 1. The van der Waals surface area contributed by atoms with Crippen molar-refractivity contribution in [3.8, 4) is 0 Å². The lowest BCUT2D eigenvalue weighted by molar-refractivity contribution is -0.121. The Labute approximate surface area is 254 Å². The van der Waals surface area contributed by atoms with Crippen LogP contribution in [0.25, 0.3) is 10.9 Å². The van der Waals surface area contributed by atoms with E-state index in [0.717, 1.165) is 54.6 Å². The number of rotatable bonds is 8. The highest BCUT2D eigenvalue weighted by atomic mass is 16.2. The molecule has 2 N–H and O–H groups in total. The smallest absolute Gasteiger partial charge is 0.318 e. The summed E-state index contributed by atoms with van der Waals surface area (Å²) in [5.41, 5.74) is 5.48. The van der Waals surface area contributed by atoms with Gasteiger partial charge in [-0.2, -0.15) is 0 Å². The first kappa shape index (κ1) is 29.0. The van der Waals surface area contributed by atoms with Crippen LogP contribution in [-0.4, -0.2) is 91.0 Å². The Morgan fingerprint density at radius 2 is 1.60 bits per heavy atom. The van der Waals surface area contributed by atoms with Gasteiger partial charge in [0.05, 0.1) is 0 Å². The number of likely N-dealkylation sites (N-methyl/N-ethyl adjacent to an activating group) is 1. The second kappa shape index (κ2) is 13.0. The summed E-state index contributed by atoms with van der Waals surface area (Å²) in [6, 6.07) is 25.9. The second-order valence-electron chi connectivity index (χ2n) is 12.1. The van der Waals surface area contributed by atoms with Gasteiger partial charge in [-0.1, -0.05) is 66.7 Å². The van der Waals surface area contributed by atoms with Crippen LogP contribution in [0.3, 0.4) is 0 Å². The lowest BCUT2D eigenvalue weighted by atomic mass is 9.88. The average molecular weight is 579 g/mol. The van der Waals surface area contributed by atoms with Gasteiger partial charge in [-0.25, -0.2) is 4.79 Å². The zero-order valence-corrected chi connectivity index (χ0v) is 25.2. The normalized spacial score (nSPS) is 17.1. The van der Waals surface area contributed by atoms with E-state index < -0.39 is 6.04 Å². The molecule has 0 spiro atoms. The minimum Gasteiger partial charge on any atom is -0.361 e. The predicted octanol–water partition coefficient (Wildman–Crippen LogP) is 4.69. The standard InChI is InChI=1S/C35H42N6O2/c1-38(2)25-30(29-23-36-31-16-8-7-15-28(29)31)33(34(42)41-18-10-14-27-13-6-9-17-32(27)41)37-35(43)40-21-19-39(20-22-40)24-26-11-4-3-5-12-26/h3-9,11-13,15-17,23,30,33,36H,10,14,18-22,24-25H2,1-2H3,(H,37,43)/t30?,33-/m1/s1. The molecule has 0 radical (unpaired) electrons. The number of benzene rings is 3. The van der Waals surface area contributed by atoms with E-state index >= 15 is 0 Å². The molecular formula is C35H42N6O2. The highest BCUT2D eigenvalue weighted by Gasteiger charge is 2.38. The van der Waals surface area contributed by atoms with Crippen molar-refractivity contribution in [2.75, 3.05) is 58.3 Å². The molecule has 1 fully saturated rings. The molecule has 1 unspecified atom stereocenters. The third kappa shape index (κ3) is 6.45. The van der Waals surface area contributed by atoms with Crippen LogP contribution in [-0.2, 0) is 17.8 Å². The van der Waals surface area contributed by atoms with E-state index in [1.165, 1.54) is 11.1 Å². The molecule has 8 heteroatoms. The molecule has 2 aliphatic rings. The average Bonchev–Trinajstić information content (AvgIpc) is 3.47. The number of aromatic nitrogens is 1. The maximum absolute atomic E-state index is 14.6. The molecule has 43 heavy (non-hydrogen) atoms. The Balaban J connectivity index is 1.27. The van der Waals surface area contributed by atoms with E-state index in [1.807, 2.05) is 66.5 Å². The minimum absolute atomic E-state index is 0.0552. The van der Waals surface area contributed by atoms with Crippen molar-refractivity contribution < 1.29 is 9.59 Å². The fourth-order valence-electron chi connectivity index (χ4n) is 6.62. The van der Waals surface area contributed by atoms with Gasteiger partial charge in [0.25, 0.3) is 0 Å². The number of hydrogen-bond donors (Lipinski definition) is 2. The Bertz CT molecular complexity index is 1540. The summed E-state index contributed by atoms with van der Waals surface area (Å²) in [4.78, 5) is 40.2. The fourth-order valence-corrected chi connectivity index (χ4v) is 6.62. The van der Waals surface area contributed by atoms with Crippen LogP contribution in [0.5, 0.6) is 0 Å². The topological polar surface area (TPSA) is 74.9 Å². The molecule has 2 atom stereocenters. The number of H-pyrrole nitrogens is 1. The Morgan fingerprint density at radius 1 is 0.884 bits per heavy atom. The van der Waals surface area contributed by atoms with Gasteiger partial charge >= 0.3 is 6.03 Å². The number of aromatic amines is 1. The number of carbonyl (C=O) groups excluding carboxylic acids is 2. The van der Waals surface area contributed by atoms with E-state index in [2.05, 4.69) is 62.6 Å². The number of amides is 3. The number of nitrogens with zero attached hydrogens (tertiary/aromatic N) is 4. The highest BCUT2D eigenvalue weighted by Crippen LogP contribution is 2.33. The molecule has 3 amide bonds. The van der Waals surface area contributed by atoms with E-state index in [-0.39, 0.29) is 17.9 Å². The molecular weight excluding hydrogens is 536 g/mol. The summed E-state index contributed by atoms with van der Waals surface area (Å²) >= 11 is 0. The lowest BCUT2D eigenvalue weighted by Crippen LogP contribution is -2.59. The number of aryl methyl sites for hydroxylation is 1. The van der Waals surface area contributed by atoms with Gasteiger partial charge in [-0.15, -0.1) is 0 Å². The number of fused-ring (bicyclic) bond motifs is 2. The largest absolute Gasteiger partial charge is 0.361 e. The van der Waals surface area contributed by atoms with Crippen LogP contribution in [0.2, 0.25) is 0 Å². The SMILES string of the molecule is CN(C)CC(c1c[nH]c2ccccc12)[C@@H](NC(=O)N1CCN(Cc2ccccc2)CC1)C(=O)N1CCCc2ccccc21. The molecule has 2 aliphatic heterocycles. The zero-order chi connectivity index (χ0) is 29.8. The maximum atomic E-state index is 14.6. The number of anilines is 1. The van der Waals surface area contributed by atoms with Crippen LogP contribution in [0.15, 0.2) is 85.1 Å². The van der Waals surface area contributed by atoms with Crippen LogP contribution >= 0.6 is 0 Å². The summed E-state index contributed by atoms with van der Waals surface area (Å²) in [6.45, 7) is 4.96. The molecule has 224 valence electrons. The number of hydrogen-bond acceptors (Lipinski definition) is 4. The maximum Gasteiger partial charge on any atom is 0.318 e. The third-order valence-corrected chi connectivity index (χ3v) is 8.81. The van der Waals surface area contributed by atoms with Gasteiger partial charge in [-0.3, -0.25) is 9.69 Å². The van der Waals surface area contributed by atoms with Gasteiger partial charge in [0, 0.05) is 74.5 Å². The molecule has 6 rings (SSSR count). The lowest BCUT2D eigenvalue weighted by Gasteiger charge is -2.39. The summed E-state index contributed by atoms with van der Waals surface area (Å²) < 4.78 is 0. The second-order valence-corrected chi connectivity index (χ2v) is 12.1. The Hall–Kier alpha value is -4.14. The Kier molecular flexibility index (Phi) is 8.77. The van der Waals surface area contributed by atoms with E-state index in [9.17, 15) is 9.59 Å². The van der Waals surface area contributed by atoms with Crippen molar-refractivity contribution in [2.45, 2.75) is 31.3 Å². The van der Waals surface area contributed by atoms with Crippen molar-refractivity contribution >= 4 is 28.5 Å². The first-order valence-corrected chi connectivity index (χ1v) is 15.4. The van der Waals surface area contributed by atoms with Gasteiger partial charge in [0.1, 0.15) is 6.04 Å². The monoisotopic (exact) mass is 578 g/mol. The molecule has 0 saturated carbocycles. The predicted molar refractivity (Wildman–Crippen MR) is 172 cm³/mol. The van der Waals surface area contributed by atoms with E-state index in [0.29, 0.717) is 26.2 Å². The molecule has 1 saturated heterocycles. The van der Waals surface area contributed by atoms with Gasteiger partial charge < -0.3 is 25.0 Å². The van der Waals surface area contributed by atoms with Gasteiger partial charge in [0.15, 0.2) is 0 Å². The van der Waals surface area contributed by atoms with Crippen LogP contribution in [0.4, 0.5) is 10.5 Å². The summed E-state index contributed by atoms with van der Waals surface area (Å²) in [7, 11) is 4.04. The zero-order valence-electron chi connectivity index (χ0n) is 25.2. The third-order valence-electron chi connectivity index (χ3n) is 8.81. The minimum atomic E-state index is -0.734. The highest BCUT2D eigenvalue weighted by molar-refractivity contribution is 6.01. The fraction of sp³-hybridized carbons (Fsp3) is 0.371. The number of para-hydroxylation sites is 2. The molecule has 1 aromatic heterocycles. The van der Waals surface area contributed by atoms with Crippen LogP contribution in [0, 0.1) is 0 Å². The van der Waals surface area contributed by atoms with Crippen molar-refractivity contribution in [3.63, 3.8) is 0 Å². The Morgan fingerprint density at radius 3 is 2.40 bits per heavy atom. The number of carbonyl (C=O) groups is 2. The van der Waals surface area contributed by atoms with Gasteiger partial charge in [0.2, 0.25) is 5.91 Å². The number of urea groups is 1. The molecule has 8 nitrogen and oxygen atoms in total. The summed E-state index contributed by atoms with van der Waals surface area (Å²) in [5.74, 6) is -0.309. The van der Waals surface area contributed by atoms with Gasteiger partial charge in [-0.05, 0) is 55.8 Å². The first-order chi connectivity index (χ1) is 21.0. The quantitative estimate of drug-likeness (QED) is 0.318. The number of nitrogens with one attached hydrogen (secondary N) is 2. The van der Waals surface area contributed by atoms with Crippen LogP contribution < -0.4 is 10.2 Å². The molecule has 0 aliphatic carbocycles. The van der Waals surface area contributed by atoms with Crippen molar-refractivity contribution in [2.24, 2.45) is 0 Å². The van der Waals surface area contributed by atoms with Crippen molar-refractivity contribution in [1.29, 1.82) is 0 Å². The van der Waals surface area contributed by atoms with E-state index in [1.54, 1.807) is 0 Å². The first-order valence-electron chi connectivity index (χ1n) is 15.4. The molecule has 3 aromatic carbocycles. The molecule has 3 heterocycles. The summed E-state index contributed by atoms with van der Waals surface area (Å²) in [6.07, 6.45) is 3.86. The van der Waals surface area contributed by atoms with Crippen molar-refractivity contribution in [1.82, 2.24) is 25.0 Å². The van der Waals surface area contributed by atoms with E-state index in [4.69, 9.17) is 0 Å². The van der Waals surface area contributed by atoms with Crippen LogP contribution in [0.1, 0.15) is 29.0 Å². The molecule has 0 bridgehead atoms.